The molecule has 9 heteroatoms. The molecule has 7 rings (SSSR count). The highest BCUT2D eigenvalue weighted by molar-refractivity contribution is 6.02. The number of carbonyl (C=O) groups excluding carboxylic acids is 3. The Morgan fingerprint density at radius 3 is 2.38 bits per heavy atom. The minimum Gasteiger partial charge on any atom is -0.496 e. The smallest absolute Gasteiger partial charge is 0.246 e. The van der Waals surface area contributed by atoms with Crippen LogP contribution in [0.3, 0.4) is 0 Å². The molecule has 3 amide bonds. The molecule has 0 unspecified atom stereocenters. The topological polar surface area (TPSA) is 106 Å². The molecule has 1 saturated carbocycles. The Kier molecular flexibility index (Phi) is 7.79. The minimum absolute atomic E-state index is 0.0560. The van der Waals surface area contributed by atoms with Crippen molar-refractivity contribution in [1.29, 1.82) is 0 Å². The number of hydrogen-bond donors (Lipinski definition) is 2. The summed E-state index contributed by atoms with van der Waals surface area (Å²) in [6.07, 6.45) is 8.17. The molecule has 0 radical (unpaired) electrons. The molecule has 1 spiro atoms. The quantitative estimate of drug-likeness (QED) is 0.323. The zero-order valence-corrected chi connectivity index (χ0v) is 25.2. The number of likely N-dealkylation sites (tertiary alicyclic amines) is 1. The van der Waals surface area contributed by atoms with Crippen molar-refractivity contribution < 1.29 is 28.6 Å². The number of nitrogens with zero attached hydrogens (tertiary/aromatic N) is 1. The molecule has 0 aromatic heterocycles. The van der Waals surface area contributed by atoms with Crippen LogP contribution in [-0.2, 0) is 25.7 Å². The number of rotatable bonds is 9. The number of hydrogen-bond acceptors (Lipinski definition) is 6. The standard InChI is InChI=1S/C36H37N3O6/c1-43-28-15-9-8-10-23(28)22-39-32(34(41)38-24-11-4-2-5-12-24)36-21-20-29(45-36)30(31(36)35(39)42)33(40)37-25-16-18-27(19-17-25)44-26-13-6-3-7-14-26/h3,6-10,13-21,24,29-32H,2,4-5,11-12,22H2,1H3,(H,37,40)(H,38,41)/t29-,30-,31-,32+,36+/m1/s1. The Morgan fingerprint density at radius 2 is 1.62 bits per heavy atom. The summed E-state index contributed by atoms with van der Waals surface area (Å²) in [5, 5.41) is 6.21. The van der Waals surface area contributed by atoms with Gasteiger partial charge in [0.25, 0.3) is 0 Å². The molecule has 3 fully saturated rings. The molecule has 5 atom stereocenters. The largest absolute Gasteiger partial charge is 0.496 e. The lowest BCUT2D eigenvalue weighted by Crippen LogP contribution is -2.56. The third-order valence-corrected chi connectivity index (χ3v) is 9.51. The number of carbonyl (C=O) groups is 3. The number of anilines is 1. The summed E-state index contributed by atoms with van der Waals surface area (Å²) in [4.78, 5) is 43.9. The van der Waals surface area contributed by atoms with Gasteiger partial charge in [-0.3, -0.25) is 14.4 Å². The highest BCUT2D eigenvalue weighted by Crippen LogP contribution is 2.55. The zero-order valence-electron chi connectivity index (χ0n) is 25.2. The summed E-state index contributed by atoms with van der Waals surface area (Å²) < 4.78 is 18.0. The van der Waals surface area contributed by atoms with Crippen molar-refractivity contribution in [3.63, 3.8) is 0 Å². The van der Waals surface area contributed by atoms with Crippen LogP contribution in [0.25, 0.3) is 0 Å². The third kappa shape index (κ3) is 5.35. The molecule has 3 aliphatic heterocycles. The second-order valence-electron chi connectivity index (χ2n) is 12.3. The van der Waals surface area contributed by atoms with Gasteiger partial charge in [-0.05, 0) is 55.3 Å². The van der Waals surface area contributed by atoms with Gasteiger partial charge < -0.3 is 29.7 Å². The number of ether oxygens (including phenoxy) is 3. The number of methoxy groups -OCH3 is 1. The number of nitrogens with one attached hydrogen (secondary N) is 2. The van der Waals surface area contributed by atoms with Gasteiger partial charge in [0, 0.05) is 17.3 Å². The van der Waals surface area contributed by atoms with E-state index in [2.05, 4.69) is 10.6 Å². The van der Waals surface area contributed by atoms with Gasteiger partial charge in [-0.15, -0.1) is 0 Å². The number of para-hydroxylation sites is 2. The molecule has 2 N–H and O–H groups in total. The maximum atomic E-state index is 14.4. The van der Waals surface area contributed by atoms with Crippen LogP contribution in [0, 0.1) is 11.8 Å². The van der Waals surface area contributed by atoms with Gasteiger partial charge in [-0.1, -0.05) is 67.8 Å². The van der Waals surface area contributed by atoms with Gasteiger partial charge in [-0.2, -0.15) is 0 Å². The van der Waals surface area contributed by atoms with Crippen LogP contribution in [0.2, 0.25) is 0 Å². The normalized spacial score (nSPS) is 26.9. The maximum absolute atomic E-state index is 14.4. The highest BCUT2D eigenvalue weighted by atomic mass is 16.5. The fraction of sp³-hybridized carbons (Fsp3) is 0.361. The fourth-order valence-electron chi connectivity index (χ4n) is 7.44. The number of amides is 3. The molecule has 2 saturated heterocycles. The Balaban J connectivity index is 1.15. The van der Waals surface area contributed by atoms with E-state index in [-0.39, 0.29) is 30.3 Å². The van der Waals surface area contributed by atoms with Crippen molar-refractivity contribution in [3.8, 4) is 17.2 Å². The van der Waals surface area contributed by atoms with Crippen molar-refractivity contribution >= 4 is 23.4 Å². The summed E-state index contributed by atoms with van der Waals surface area (Å²) in [5.41, 5.74) is 0.111. The summed E-state index contributed by atoms with van der Waals surface area (Å²) in [7, 11) is 1.58. The lowest BCUT2D eigenvalue weighted by molar-refractivity contribution is -0.142. The van der Waals surface area contributed by atoms with Crippen molar-refractivity contribution in [2.75, 3.05) is 12.4 Å². The lowest BCUT2D eigenvalue weighted by Gasteiger charge is -2.34. The lowest BCUT2D eigenvalue weighted by atomic mass is 9.74. The van der Waals surface area contributed by atoms with E-state index < -0.39 is 29.6 Å². The molecule has 232 valence electrons. The monoisotopic (exact) mass is 607 g/mol. The maximum Gasteiger partial charge on any atom is 0.246 e. The van der Waals surface area contributed by atoms with Crippen molar-refractivity contribution in [2.24, 2.45) is 11.8 Å². The van der Waals surface area contributed by atoms with Gasteiger partial charge in [0.2, 0.25) is 17.7 Å². The Morgan fingerprint density at radius 1 is 0.911 bits per heavy atom. The molecular weight excluding hydrogens is 570 g/mol. The predicted octanol–water partition coefficient (Wildman–Crippen LogP) is 5.23. The molecule has 9 nitrogen and oxygen atoms in total. The van der Waals surface area contributed by atoms with Crippen LogP contribution in [0.1, 0.15) is 37.7 Å². The van der Waals surface area contributed by atoms with E-state index in [0.29, 0.717) is 22.9 Å². The van der Waals surface area contributed by atoms with Crippen LogP contribution in [-0.4, -0.2) is 53.5 Å². The number of benzene rings is 3. The van der Waals surface area contributed by atoms with Gasteiger partial charge in [0.15, 0.2) is 0 Å². The molecular formula is C36H37N3O6. The van der Waals surface area contributed by atoms with Crippen molar-refractivity contribution in [1.82, 2.24) is 10.2 Å². The van der Waals surface area contributed by atoms with Crippen LogP contribution in [0.4, 0.5) is 5.69 Å². The molecule has 45 heavy (non-hydrogen) atoms. The van der Waals surface area contributed by atoms with Crippen LogP contribution in [0.15, 0.2) is 91.0 Å². The van der Waals surface area contributed by atoms with Crippen LogP contribution >= 0.6 is 0 Å². The van der Waals surface area contributed by atoms with E-state index in [0.717, 1.165) is 37.7 Å². The first-order valence-corrected chi connectivity index (χ1v) is 15.7. The molecule has 4 aliphatic rings. The zero-order chi connectivity index (χ0) is 31.0. The summed E-state index contributed by atoms with van der Waals surface area (Å²) in [6, 6.07) is 23.1. The first-order valence-electron chi connectivity index (χ1n) is 15.7. The van der Waals surface area contributed by atoms with Crippen LogP contribution in [0.5, 0.6) is 17.2 Å². The van der Waals surface area contributed by atoms with E-state index in [1.54, 1.807) is 36.3 Å². The minimum atomic E-state index is -1.24. The predicted molar refractivity (Wildman–Crippen MR) is 168 cm³/mol. The van der Waals surface area contributed by atoms with Crippen molar-refractivity contribution in [2.45, 2.75) is 62.4 Å². The van der Waals surface area contributed by atoms with Gasteiger partial charge in [-0.25, -0.2) is 0 Å². The number of fused-ring (bicyclic) bond motifs is 1. The van der Waals surface area contributed by atoms with Gasteiger partial charge >= 0.3 is 0 Å². The Bertz CT molecular complexity index is 1600. The van der Waals surface area contributed by atoms with Gasteiger partial charge in [0.05, 0.1) is 31.6 Å². The molecule has 3 heterocycles. The Labute approximate surface area is 262 Å². The third-order valence-electron chi connectivity index (χ3n) is 9.51. The van der Waals surface area contributed by atoms with E-state index in [4.69, 9.17) is 14.2 Å². The molecule has 3 aromatic carbocycles. The summed E-state index contributed by atoms with van der Waals surface area (Å²) in [6.45, 7) is 0.156. The summed E-state index contributed by atoms with van der Waals surface area (Å²) in [5.74, 6) is -0.510. The van der Waals surface area contributed by atoms with E-state index in [9.17, 15) is 14.4 Å². The first kappa shape index (κ1) is 29.1. The SMILES string of the molecule is COc1ccccc1CN1C(=O)[C@H]2[C@H](C(=O)Nc3ccc(Oc4ccccc4)cc3)[C@H]3C=C[C@@]2(O3)[C@@H]1C(=O)NC1CCCCC1. The van der Waals surface area contributed by atoms with Crippen LogP contribution < -0.4 is 20.1 Å². The fourth-order valence-corrected chi connectivity index (χ4v) is 7.44. The molecule has 2 bridgehead atoms. The second kappa shape index (κ2) is 12.0. The van der Waals surface area contributed by atoms with Crippen molar-refractivity contribution in [3.05, 3.63) is 96.6 Å². The van der Waals surface area contributed by atoms with E-state index in [1.165, 1.54) is 0 Å². The average Bonchev–Trinajstić information content (AvgIpc) is 3.70. The second-order valence-corrected chi connectivity index (χ2v) is 12.3. The first-order chi connectivity index (χ1) is 22.0. The van der Waals surface area contributed by atoms with E-state index in [1.807, 2.05) is 66.7 Å². The Hall–Kier alpha value is -4.63. The molecule has 3 aromatic rings. The van der Waals surface area contributed by atoms with Gasteiger partial charge in [0.1, 0.15) is 28.9 Å². The average molecular weight is 608 g/mol. The highest BCUT2D eigenvalue weighted by Gasteiger charge is 2.72. The van der Waals surface area contributed by atoms with E-state index >= 15 is 0 Å². The molecule has 1 aliphatic carbocycles. The summed E-state index contributed by atoms with van der Waals surface area (Å²) >= 11 is 0.